The zero-order chi connectivity index (χ0) is 17.6. The average molecular weight is 360 g/mol. The third-order valence-electron chi connectivity index (χ3n) is 5.27. The molecule has 1 amide bonds. The van der Waals surface area contributed by atoms with Crippen molar-refractivity contribution in [2.24, 2.45) is 11.8 Å². The van der Waals surface area contributed by atoms with Gasteiger partial charge < -0.3 is 10.2 Å². The third kappa shape index (κ3) is 5.70. The maximum absolute atomic E-state index is 12.2. The number of rotatable bonds is 7. The fourth-order valence-electron chi connectivity index (χ4n) is 3.73. The second-order valence-corrected chi connectivity index (χ2v) is 9.52. The van der Waals surface area contributed by atoms with E-state index in [2.05, 4.69) is 17.1 Å². The largest absolute Gasteiger partial charge is 0.356 e. The molecule has 2 saturated heterocycles. The molecular weight excluding hydrogens is 326 g/mol. The zero-order valence-corrected chi connectivity index (χ0v) is 16.0. The number of nitrogens with zero attached hydrogens (tertiary/aromatic N) is 2. The molecule has 2 fully saturated rings. The highest BCUT2D eigenvalue weighted by Gasteiger charge is 2.29. The Labute approximate surface area is 147 Å². The summed E-state index contributed by atoms with van der Waals surface area (Å²) in [5.41, 5.74) is 0. The summed E-state index contributed by atoms with van der Waals surface area (Å²) >= 11 is 0. The van der Waals surface area contributed by atoms with E-state index in [1.54, 1.807) is 6.92 Å². The van der Waals surface area contributed by atoms with E-state index in [9.17, 15) is 13.2 Å². The molecule has 0 saturated carbocycles. The van der Waals surface area contributed by atoms with Crippen molar-refractivity contribution in [3.63, 3.8) is 0 Å². The first-order chi connectivity index (χ1) is 11.4. The van der Waals surface area contributed by atoms with Crippen molar-refractivity contribution in [1.82, 2.24) is 14.5 Å². The standard InChI is InChI=1S/C17H33N3O3S/c1-3-24(22,23)20-12-7-16(8-13-20)17(21)18-9-5-11-19-10-4-6-15(2)14-19/h15-16H,3-14H2,1-2H3,(H,18,21). The summed E-state index contributed by atoms with van der Waals surface area (Å²) in [6.07, 6.45) is 4.87. The van der Waals surface area contributed by atoms with Crippen LogP contribution in [0.1, 0.15) is 46.0 Å². The first kappa shape index (κ1) is 19.7. The number of piperidine rings is 2. The Hall–Kier alpha value is -0.660. The molecule has 140 valence electrons. The normalized spacial score (nSPS) is 24.8. The van der Waals surface area contributed by atoms with Gasteiger partial charge in [0.05, 0.1) is 5.75 Å². The van der Waals surface area contributed by atoms with Crippen molar-refractivity contribution in [1.29, 1.82) is 0 Å². The highest BCUT2D eigenvalue weighted by Crippen LogP contribution is 2.20. The Balaban J connectivity index is 1.62. The predicted molar refractivity (Wildman–Crippen MR) is 96.2 cm³/mol. The van der Waals surface area contributed by atoms with Crippen LogP contribution in [-0.2, 0) is 14.8 Å². The van der Waals surface area contributed by atoms with Gasteiger partial charge in [-0.25, -0.2) is 12.7 Å². The third-order valence-corrected chi connectivity index (χ3v) is 7.16. The summed E-state index contributed by atoms with van der Waals surface area (Å²) < 4.78 is 25.2. The molecular formula is C17H33N3O3S. The van der Waals surface area contributed by atoms with Crippen LogP contribution >= 0.6 is 0 Å². The molecule has 2 rings (SSSR count). The van der Waals surface area contributed by atoms with Crippen molar-refractivity contribution in [2.45, 2.75) is 46.0 Å². The van der Waals surface area contributed by atoms with Gasteiger partial charge in [-0.05, 0) is 58.0 Å². The minimum Gasteiger partial charge on any atom is -0.356 e. The zero-order valence-electron chi connectivity index (χ0n) is 15.2. The molecule has 1 unspecified atom stereocenters. The number of nitrogens with one attached hydrogen (secondary N) is 1. The first-order valence-electron chi connectivity index (χ1n) is 9.40. The maximum Gasteiger partial charge on any atom is 0.223 e. The molecule has 7 heteroatoms. The molecule has 2 heterocycles. The molecule has 2 aliphatic rings. The van der Waals surface area contributed by atoms with Gasteiger partial charge in [0.2, 0.25) is 15.9 Å². The van der Waals surface area contributed by atoms with Crippen molar-refractivity contribution in [2.75, 3.05) is 45.0 Å². The average Bonchev–Trinajstić information content (AvgIpc) is 2.58. The van der Waals surface area contributed by atoms with Crippen molar-refractivity contribution < 1.29 is 13.2 Å². The van der Waals surface area contributed by atoms with Gasteiger partial charge in [0.25, 0.3) is 0 Å². The molecule has 6 nitrogen and oxygen atoms in total. The monoisotopic (exact) mass is 359 g/mol. The Morgan fingerprint density at radius 2 is 1.88 bits per heavy atom. The fourth-order valence-corrected chi connectivity index (χ4v) is 4.86. The Morgan fingerprint density at radius 3 is 2.50 bits per heavy atom. The van der Waals surface area contributed by atoms with Crippen LogP contribution in [0.2, 0.25) is 0 Å². The van der Waals surface area contributed by atoms with Crippen molar-refractivity contribution in [3.05, 3.63) is 0 Å². The number of carbonyl (C=O) groups excluding carboxylic acids is 1. The van der Waals surface area contributed by atoms with E-state index in [4.69, 9.17) is 0 Å². The summed E-state index contributed by atoms with van der Waals surface area (Å²) in [4.78, 5) is 14.7. The molecule has 1 atom stereocenters. The van der Waals surface area contributed by atoms with Gasteiger partial charge in [-0.15, -0.1) is 0 Å². The van der Waals surface area contributed by atoms with E-state index in [1.165, 1.54) is 30.2 Å². The minimum atomic E-state index is -3.11. The highest BCUT2D eigenvalue weighted by atomic mass is 32.2. The summed E-state index contributed by atoms with van der Waals surface area (Å²) in [5, 5.41) is 3.04. The van der Waals surface area contributed by atoms with Gasteiger partial charge in [-0.3, -0.25) is 4.79 Å². The van der Waals surface area contributed by atoms with Crippen molar-refractivity contribution >= 4 is 15.9 Å². The Morgan fingerprint density at radius 1 is 1.17 bits per heavy atom. The highest BCUT2D eigenvalue weighted by molar-refractivity contribution is 7.89. The van der Waals surface area contributed by atoms with Gasteiger partial charge >= 0.3 is 0 Å². The van der Waals surface area contributed by atoms with Gasteiger partial charge in [-0.2, -0.15) is 0 Å². The maximum atomic E-state index is 12.2. The topological polar surface area (TPSA) is 69.7 Å². The van der Waals surface area contributed by atoms with Crippen molar-refractivity contribution in [3.8, 4) is 0 Å². The SMILES string of the molecule is CCS(=O)(=O)N1CCC(C(=O)NCCCN2CCCC(C)C2)CC1. The van der Waals surface area contributed by atoms with Gasteiger partial charge in [-0.1, -0.05) is 6.92 Å². The van der Waals surface area contributed by atoms with E-state index in [0.717, 1.165) is 25.4 Å². The molecule has 0 spiro atoms. The quantitative estimate of drug-likeness (QED) is 0.696. The molecule has 24 heavy (non-hydrogen) atoms. The lowest BCUT2D eigenvalue weighted by atomic mass is 9.97. The summed E-state index contributed by atoms with van der Waals surface area (Å²) in [6, 6.07) is 0. The van der Waals surface area contributed by atoms with E-state index in [0.29, 0.717) is 25.9 Å². The summed E-state index contributed by atoms with van der Waals surface area (Å²) in [6.45, 7) is 9.05. The van der Waals surface area contributed by atoms with Gasteiger partial charge in [0, 0.05) is 32.1 Å². The molecule has 0 aliphatic carbocycles. The van der Waals surface area contributed by atoms with Gasteiger partial charge in [0.1, 0.15) is 0 Å². The number of hydrogen-bond donors (Lipinski definition) is 1. The second-order valence-electron chi connectivity index (χ2n) is 7.27. The Kier molecular flexibility index (Phi) is 7.50. The molecule has 0 aromatic carbocycles. The number of likely N-dealkylation sites (tertiary alicyclic amines) is 1. The lowest BCUT2D eigenvalue weighted by Gasteiger charge is -2.31. The van der Waals surface area contributed by atoms with E-state index in [1.807, 2.05) is 0 Å². The van der Waals surface area contributed by atoms with E-state index < -0.39 is 10.0 Å². The second kappa shape index (κ2) is 9.15. The molecule has 1 N–H and O–H groups in total. The van der Waals surface area contributed by atoms with E-state index >= 15 is 0 Å². The van der Waals surface area contributed by atoms with Crippen LogP contribution < -0.4 is 5.32 Å². The van der Waals surface area contributed by atoms with Crippen LogP contribution in [0.25, 0.3) is 0 Å². The van der Waals surface area contributed by atoms with Crippen LogP contribution in [-0.4, -0.2) is 68.6 Å². The lowest BCUT2D eigenvalue weighted by molar-refractivity contribution is -0.126. The number of carbonyl (C=O) groups is 1. The first-order valence-corrected chi connectivity index (χ1v) is 11.0. The molecule has 0 radical (unpaired) electrons. The van der Waals surface area contributed by atoms with Crippen LogP contribution in [0.5, 0.6) is 0 Å². The predicted octanol–water partition coefficient (Wildman–Crippen LogP) is 1.29. The Bertz CT molecular complexity index is 501. The van der Waals surface area contributed by atoms with Crippen LogP contribution in [0.4, 0.5) is 0 Å². The fraction of sp³-hybridized carbons (Fsp3) is 0.941. The minimum absolute atomic E-state index is 0.0386. The lowest BCUT2D eigenvalue weighted by Crippen LogP contribution is -2.44. The molecule has 0 bridgehead atoms. The molecule has 2 aliphatic heterocycles. The molecule has 0 aromatic heterocycles. The molecule has 0 aromatic rings. The number of hydrogen-bond acceptors (Lipinski definition) is 4. The van der Waals surface area contributed by atoms with Crippen LogP contribution in [0.3, 0.4) is 0 Å². The smallest absolute Gasteiger partial charge is 0.223 e. The number of sulfonamides is 1. The summed E-state index contributed by atoms with van der Waals surface area (Å²) in [7, 11) is -3.11. The van der Waals surface area contributed by atoms with Crippen LogP contribution in [0.15, 0.2) is 0 Å². The van der Waals surface area contributed by atoms with Gasteiger partial charge in [0.15, 0.2) is 0 Å². The van der Waals surface area contributed by atoms with E-state index in [-0.39, 0.29) is 17.6 Å². The van der Waals surface area contributed by atoms with Crippen LogP contribution in [0, 0.1) is 11.8 Å². The number of amides is 1. The summed E-state index contributed by atoms with van der Waals surface area (Å²) in [5.74, 6) is 0.982.